The van der Waals surface area contributed by atoms with E-state index in [-0.39, 0.29) is 37.5 Å². The number of furan rings is 1. The monoisotopic (exact) mass is 1150 g/mol. The van der Waals surface area contributed by atoms with Crippen molar-refractivity contribution in [1.29, 1.82) is 0 Å². The number of carboxylic acids is 1. The predicted octanol–water partition coefficient (Wildman–Crippen LogP) is 16.1. The third-order valence-electron chi connectivity index (χ3n) is 13.4. The molecule has 0 aliphatic rings. The second kappa shape index (κ2) is 20.9. The maximum absolute atomic E-state index is 10.8. The first-order chi connectivity index (χ1) is 34.7. The molecular formula is C64H56IrN4O3Si-2. The largest absolute Gasteiger partial charge is 0.501 e. The fourth-order valence-electron chi connectivity index (χ4n) is 9.42. The average Bonchev–Trinajstić information content (AvgIpc) is 3.98. The second-order valence-corrected chi connectivity index (χ2v) is 25.2. The van der Waals surface area contributed by atoms with Crippen LogP contribution in [-0.4, -0.2) is 38.7 Å². The molecule has 1 radical (unpaired) electrons. The van der Waals surface area contributed by atoms with E-state index in [1.54, 1.807) is 12.1 Å². The number of benzene rings is 7. The molecule has 9 heteroatoms. The first-order valence-corrected chi connectivity index (χ1v) is 28.0. The van der Waals surface area contributed by atoms with E-state index in [0.29, 0.717) is 0 Å². The van der Waals surface area contributed by atoms with Crippen molar-refractivity contribution in [2.75, 3.05) is 0 Å². The molecule has 11 aromatic rings. The van der Waals surface area contributed by atoms with Gasteiger partial charge in [0, 0.05) is 43.6 Å². The van der Waals surface area contributed by atoms with Crippen LogP contribution in [0.1, 0.15) is 66.6 Å². The standard InChI is InChI=1S/C49H40N3O.C15H16NO2Si.Ir/c1-30(2)42-25-38(34-15-10-7-11-16-34)26-43(31(3)4)47(42)52-44-29-50-28-32(5)46(44)51-49(52)41-18-12-17-40-39-24-23-37(27-45(39)53-48(40)41)36-21-19-35(20-22-36)33-13-8-6-9-14-33;1-19(2,3)13-8-9-14(16-10-13)11-4-6-12(7-5-11)15(17)18;/h6-17,19-31H,1-5H3;4,6-10H,1-3H3,(H,17,18);/q2*-1;. The number of aryl methyl sites for hydroxylation is 1. The number of nitrogens with zero attached hydrogens (tertiary/aromatic N) is 4. The summed E-state index contributed by atoms with van der Waals surface area (Å²) >= 11 is 0. The van der Waals surface area contributed by atoms with E-state index < -0.39 is 14.0 Å². The van der Waals surface area contributed by atoms with Crippen LogP contribution in [0, 0.1) is 19.1 Å². The van der Waals surface area contributed by atoms with E-state index in [4.69, 9.17) is 14.5 Å². The van der Waals surface area contributed by atoms with Crippen molar-refractivity contribution in [3.8, 4) is 61.7 Å². The van der Waals surface area contributed by atoms with Gasteiger partial charge in [0.15, 0.2) is 0 Å². The van der Waals surface area contributed by atoms with Crippen molar-refractivity contribution in [1.82, 2.24) is 19.5 Å². The molecule has 0 saturated heterocycles. The smallest absolute Gasteiger partial charge is 0.292 e. The van der Waals surface area contributed by atoms with Crippen LogP contribution in [0.15, 0.2) is 181 Å². The third-order valence-corrected chi connectivity index (χ3v) is 15.5. The summed E-state index contributed by atoms with van der Waals surface area (Å²) in [6, 6.07) is 60.7. The quantitative estimate of drug-likeness (QED) is 0.108. The molecule has 0 aliphatic carbocycles. The Balaban J connectivity index is 0.000000277. The Labute approximate surface area is 442 Å². The van der Waals surface area contributed by atoms with Gasteiger partial charge in [-0.2, -0.15) is 0 Å². The van der Waals surface area contributed by atoms with Gasteiger partial charge in [0.1, 0.15) is 5.58 Å². The Bertz CT molecular complexity index is 3720. The number of carbonyl (C=O) groups is 1. The maximum atomic E-state index is 10.8. The van der Waals surface area contributed by atoms with Crippen LogP contribution in [0.2, 0.25) is 19.6 Å². The normalized spacial score (nSPS) is 11.5. The number of rotatable bonds is 10. The van der Waals surface area contributed by atoms with E-state index in [2.05, 4.69) is 202 Å². The zero-order valence-corrected chi connectivity index (χ0v) is 45.7. The molecule has 0 spiro atoms. The van der Waals surface area contributed by atoms with Crippen molar-refractivity contribution in [2.45, 2.75) is 66.1 Å². The van der Waals surface area contributed by atoms with Gasteiger partial charge < -0.3 is 19.1 Å². The molecule has 4 aromatic heterocycles. The molecule has 0 saturated carbocycles. The summed E-state index contributed by atoms with van der Waals surface area (Å²) in [6.07, 6.45) is 5.76. The van der Waals surface area contributed by atoms with Gasteiger partial charge in [-0.1, -0.05) is 167 Å². The number of fused-ring (bicyclic) bond motifs is 4. The zero-order valence-electron chi connectivity index (χ0n) is 42.3. The molecule has 0 fully saturated rings. The minimum atomic E-state index is -1.33. The van der Waals surface area contributed by atoms with Crippen LogP contribution in [0.25, 0.3) is 94.7 Å². The zero-order chi connectivity index (χ0) is 50.3. The Morgan fingerprint density at radius 3 is 1.85 bits per heavy atom. The van der Waals surface area contributed by atoms with Gasteiger partial charge in [-0.25, -0.2) is 0 Å². The first kappa shape index (κ1) is 50.4. The average molecular weight is 1150 g/mol. The first-order valence-electron chi connectivity index (χ1n) is 24.5. The van der Waals surface area contributed by atoms with Gasteiger partial charge in [0.25, 0.3) is 5.97 Å². The summed E-state index contributed by atoms with van der Waals surface area (Å²) in [5, 5.41) is 12.3. The van der Waals surface area contributed by atoms with Crippen molar-refractivity contribution in [3.05, 3.63) is 211 Å². The summed E-state index contributed by atoms with van der Waals surface area (Å²) < 4.78 is 9.17. The van der Waals surface area contributed by atoms with Crippen molar-refractivity contribution in [2.24, 2.45) is 0 Å². The van der Waals surface area contributed by atoms with Crippen molar-refractivity contribution in [3.63, 3.8) is 0 Å². The molecule has 365 valence electrons. The third kappa shape index (κ3) is 10.1. The van der Waals surface area contributed by atoms with Gasteiger partial charge in [-0.15, -0.1) is 48.0 Å². The second-order valence-electron chi connectivity index (χ2n) is 20.1. The summed E-state index contributed by atoms with van der Waals surface area (Å²) in [5.74, 6) is 0.361. The summed E-state index contributed by atoms with van der Waals surface area (Å²) in [4.78, 5) is 25.3. The minimum Gasteiger partial charge on any atom is -0.501 e. The molecule has 0 atom stereocenters. The van der Waals surface area contributed by atoms with Gasteiger partial charge in [0.05, 0.1) is 36.7 Å². The number of hydrogen-bond donors (Lipinski definition) is 1. The van der Waals surface area contributed by atoms with Crippen LogP contribution < -0.4 is 5.19 Å². The van der Waals surface area contributed by atoms with Gasteiger partial charge in [-0.05, 0) is 103 Å². The predicted molar refractivity (Wildman–Crippen MR) is 298 cm³/mol. The van der Waals surface area contributed by atoms with Crippen LogP contribution in [0.4, 0.5) is 0 Å². The topological polar surface area (TPSA) is 94.0 Å². The van der Waals surface area contributed by atoms with Crippen LogP contribution >= 0.6 is 0 Å². The molecule has 0 unspecified atom stereocenters. The minimum absolute atomic E-state index is 0. The molecule has 0 aliphatic heterocycles. The molecule has 0 bridgehead atoms. The number of carboxylic acid groups (broad SMARTS) is 1. The Morgan fingerprint density at radius 1 is 0.658 bits per heavy atom. The summed E-state index contributed by atoms with van der Waals surface area (Å²) in [6.45, 7) is 18.0. The fraction of sp³-hybridized carbons (Fsp3) is 0.156. The van der Waals surface area contributed by atoms with Crippen LogP contribution in [0.3, 0.4) is 0 Å². The van der Waals surface area contributed by atoms with Crippen molar-refractivity contribution >= 4 is 52.2 Å². The van der Waals surface area contributed by atoms with E-state index >= 15 is 0 Å². The molecule has 0 amide bonds. The molecule has 7 nitrogen and oxygen atoms in total. The number of aromatic carboxylic acids is 1. The SMILES string of the molecule is C[Si](C)(C)c1ccc(-c2[c-]cc(C(=O)O)cc2)nc1.Cc1cncc2c1nc(-c1[c-]ccc3c1oc1cc(-c4ccc(-c5ccccc5)cc4)ccc13)n2-c1c(C(C)C)cc(-c2ccccc2)cc1C(C)C.[Ir]. The summed E-state index contributed by atoms with van der Waals surface area (Å²) in [7, 11) is -1.33. The molecule has 1 N–H and O–H groups in total. The number of imidazole rings is 1. The van der Waals surface area contributed by atoms with Crippen LogP contribution in [0.5, 0.6) is 0 Å². The number of pyridine rings is 2. The van der Waals surface area contributed by atoms with Crippen molar-refractivity contribution < 1.29 is 34.4 Å². The molecule has 4 heterocycles. The Morgan fingerprint density at radius 2 is 1.27 bits per heavy atom. The Hall–Kier alpha value is -7.55. The van der Waals surface area contributed by atoms with E-state index in [0.717, 1.165) is 78.0 Å². The Kier molecular flexibility index (Phi) is 14.4. The van der Waals surface area contributed by atoms with E-state index in [1.165, 1.54) is 44.6 Å². The van der Waals surface area contributed by atoms with Crippen LogP contribution in [-0.2, 0) is 20.1 Å². The van der Waals surface area contributed by atoms with Gasteiger partial charge >= 0.3 is 0 Å². The summed E-state index contributed by atoms with van der Waals surface area (Å²) in [5.41, 5.74) is 18.0. The number of aromatic nitrogens is 4. The molecule has 7 aromatic carbocycles. The fourth-order valence-corrected chi connectivity index (χ4v) is 10.5. The number of hydrogen-bond acceptors (Lipinski definition) is 5. The molecule has 73 heavy (non-hydrogen) atoms. The molecular weight excluding hydrogens is 1090 g/mol. The van der Waals surface area contributed by atoms with E-state index in [9.17, 15) is 4.79 Å². The van der Waals surface area contributed by atoms with E-state index in [1.807, 2.05) is 36.8 Å². The molecule has 11 rings (SSSR count). The van der Waals surface area contributed by atoms with Gasteiger partial charge in [0.2, 0.25) is 0 Å². The van der Waals surface area contributed by atoms with Gasteiger partial charge in [-0.3, -0.25) is 14.8 Å². The maximum Gasteiger partial charge on any atom is 0.292 e.